The third-order valence-corrected chi connectivity index (χ3v) is 5.41. The zero-order valence-electron chi connectivity index (χ0n) is 12.2. The maximum Gasteiger partial charge on any atom is 0.191 e. The summed E-state index contributed by atoms with van der Waals surface area (Å²) in [5, 5.41) is 6.38. The largest absolute Gasteiger partial charge is 0.357 e. The van der Waals surface area contributed by atoms with Gasteiger partial charge in [0.2, 0.25) is 0 Å². The maximum absolute atomic E-state index is 11.4. The molecule has 1 aliphatic rings. The van der Waals surface area contributed by atoms with Crippen molar-refractivity contribution in [3.8, 4) is 0 Å². The second kappa shape index (κ2) is 10.9. The first kappa shape index (κ1) is 20.3. The van der Waals surface area contributed by atoms with Gasteiger partial charge in [-0.3, -0.25) is 4.99 Å². The van der Waals surface area contributed by atoms with Crippen molar-refractivity contribution in [1.29, 1.82) is 0 Å². The lowest BCUT2D eigenvalue weighted by atomic mass is 10.3. The number of nitrogens with one attached hydrogen (secondary N) is 2. The Morgan fingerprint density at radius 2 is 2.15 bits per heavy atom. The SMILES string of the molecule is CCNC(=NCCCCSC)NC1CCS(=O)(=O)C1.I. The molecule has 0 aromatic carbocycles. The molecule has 0 aromatic heterocycles. The van der Waals surface area contributed by atoms with E-state index < -0.39 is 9.84 Å². The van der Waals surface area contributed by atoms with Gasteiger partial charge >= 0.3 is 0 Å². The molecule has 0 bridgehead atoms. The molecule has 0 aromatic rings. The second-order valence-electron chi connectivity index (χ2n) is 4.70. The molecule has 1 unspecified atom stereocenters. The Labute approximate surface area is 144 Å². The van der Waals surface area contributed by atoms with Crippen LogP contribution in [0.25, 0.3) is 0 Å². The number of sulfone groups is 1. The van der Waals surface area contributed by atoms with Crippen molar-refractivity contribution < 1.29 is 8.42 Å². The van der Waals surface area contributed by atoms with E-state index in [0.717, 1.165) is 25.5 Å². The molecule has 20 heavy (non-hydrogen) atoms. The van der Waals surface area contributed by atoms with Gasteiger partial charge in [-0.1, -0.05) is 0 Å². The monoisotopic (exact) mass is 435 g/mol. The highest BCUT2D eigenvalue weighted by molar-refractivity contribution is 14.0. The normalized spacial score (nSPS) is 21.3. The number of guanidine groups is 1. The first-order chi connectivity index (χ1) is 9.07. The predicted octanol–water partition coefficient (Wildman–Crippen LogP) is 1.49. The summed E-state index contributed by atoms with van der Waals surface area (Å²) in [6.07, 6.45) is 5.02. The molecule has 0 amide bonds. The lowest BCUT2D eigenvalue weighted by Gasteiger charge is -2.15. The van der Waals surface area contributed by atoms with Gasteiger partial charge in [0.05, 0.1) is 11.5 Å². The van der Waals surface area contributed by atoms with Crippen LogP contribution in [0.15, 0.2) is 4.99 Å². The highest BCUT2D eigenvalue weighted by Crippen LogP contribution is 2.11. The molecule has 1 saturated heterocycles. The van der Waals surface area contributed by atoms with Crippen LogP contribution in [0.1, 0.15) is 26.2 Å². The van der Waals surface area contributed by atoms with Crippen LogP contribution in [0.3, 0.4) is 0 Å². The molecule has 1 atom stereocenters. The third kappa shape index (κ3) is 8.56. The van der Waals surface area contributed by atoms with Gasteiger partial charge in [0.15, 0.2) is 15.8 Å². The minimum absolute atomic E-state index is 0. The number of aliphatic imine (C=N–C) groups is 1. The zero-order chi connectivity index (χ0) is 14.1. The number of nitrogens with zero attached hydrogens (tertiary/aromatic N) is 1. The van der Waals surface area contributed by atoms with Gasteiger partial charge in [0.1, 0.15) is 0 Å². The van der Waals surface area contributed by atoms with Crippen LogP contribution in [-0.4, -0.2) is 57.0 Å². The van der Waals surface area contributed by atoms with E-state index in [9.17, 15) is 8.42 Å². The molecule has 1 heterocycles. The number of halogens is 1. The van der Waals surface area contributed by atoms with E-state index in [0.29, 0.717) is 6.42 Å². The van der Waals surface area contributed by atoms with E-state index in [1.54, 1.807) is 0 Å². The molecule has 1 aliphatic heterocycles. The molecule has 0 saturated carbocycles. The van der Waals surface area contributed by atoms with Crippen LogP contribution >= 0.6 is 35.7 Å². The van der Waals surface area contributed by atoms with E-state index in [-0.39, 0.29) is 41.5 Å². The average Bonchev–Trinajstić information content (AvgIpc) is 2.68. The predicted molar refractivity (Wildman–Crippen MR) is 99.2 cm³/mol. The van der Waals surface area contributed by atoms with Crippen LogP contribution in [-0.2, 0) is 9.84 Å². The van der Waals surface area contributed by atoms with Gasteiger partial charge in [0.25, 0.3) is 0 Å². The molecular formula is C12H26IN3O2S2. The second-order valence-corrected chi connectivity index (χ2v) is 7.92. The summed E-state index contributed by atoms with van der Waals surface area (Å²) >= 11 is 1.85. The van der Waals surface area contributed by atoms with Crippen molar-refractivity contribution in [3.63, 3.8) is 0 Å². The Hall–Kier alpha value is 0.300. The fourth-order valence-corrected chi connectivity index (χ4v) is 4.14. The fraction of sp³-hybridized carbons (Fsp3) is 0.917. The van der Waals surface area contributed by atoms with E-state index >= 15 is 0 Å². The van der Waals surface area contributed by atoms with E-state index in [2.05, 4.69) is 21.9 Å². The Balaban J connectivity index is 0.00000361. The molecule has 5 nitrogen and oxygen atoms in total. The van der Waals surface area contributed by atoms with Crippen molar-refractivity contribution in [2.45, 2.75) is 32.2 Å². The highest BCUT2D eigenvalue weighted by Gasteiger charge is 2.28. The molecule has 0 spiro atoms. The molecule has 1 rings (SSSR count). The number of unbranched alkanes of at least 4 members (excludes halogenated alkanes) is 1. The number of rotatable bonds is 7. The third-order valence-electron chi connectivity index (χ3n) is 2.94. The Bertz CT molecular complexity index is 388. The lowest BCUT2D eigenvalue weighted by molar-refractivity contribution is 0.599. The van der Waals surface area contributed by atoms with Crippen LogP contribution in [0, 0.1) is 0 Å². The van der Waals surface area contributed by atoms with Crippen LogP contribution in [0.5, 0.6) is 0 Å². The number of thioether (sulfide) groups is 1. The van der Waals surface area contributed by atoms with Crippen LogP contribution < -0.4 is 10.6 Å². The summed E-state index contributed by atoms with van der Waals surface area (Å²) in [5.41, 5.74) is 0. The molecule has 1 fully saturated rings. The number of hydrogen-bond donors (Lipinski definition) is 2. The van der Waals surface area contributed by atoms with Gasteiger partial charge in [-0.05, 0) is 38.2 Å². The van der Waals surface area contributed by atoms with E-state index in [1.807, 2.05) is 18.7 Å². The molecule has 120 valence electrons. The fourth-order valence-electron chi connectivity index (χ4n) is 1.97. The summed E-state index contributed by atoms with van der Waals surface area (Å²) in [6.45, 7) is 3.59. The summed E-state index contributed by atoms with van der Waals surface area (Å²) in [4.78, 5) is 4.49. The quantitative estimate of drug-likeness (QED) is 0.275. The minimum atomic E-state index is -2.84. The Morgan fingerprint density at radius 3 is 2.70 bits per heavy atom. The maximum atomic E-state index is 11.4. The topological polar surface area (TPSA) is 70.6 Å². The number of hydrogen-bond acceptors (Lipinski definition) is 4. The van der Waals surface area contributed by atoms with Crippen molar-refractivity contribution in [2.75, 3.05) is 36.6 Å². The Kier molecular flexibility index (Phi) is 11.1. The summed E-state index contributed by atoms with van der Waals surface area (Å²) in [6, 6.07) is 0.00833. The van der Waals surface area contributed by atoms with Crippen LogP contribution in [0.4, 0.5) is 0 Å². The van der Waals surface area contributed by atoms with Gasteiger partial charge in [-0.15, -0.1) is 24.0 Å². The van der Waals surface area contributed by atoms with Crippen LogP contribution in [0.2, 0.25) is 0 Å². The van der Waals surface area contributed by atoms with Crippen molar-refractivity contribution >= 4 is 51.5 Å². The molecule has 0 radical (unpaired) electrons. The summed E-state index contributed by atoms with van der Waals surface area (Å²) in [7, 11) is -2.84. The van der Waals surface area contributed by atoms with Gasteiger partial charge < -0.3 is 10.6 Å². The van der Waals surface area contributed by atoms with Gasteiger partial charge in [-0.2, -0.15) is 11.8 Å². The van der Waals surface area contributed by atoms with Crippen molar-refractivity contribution in [2.24, 2.45) is 4.99 Å². The molecular weight excluding hydrogens is 409 g/mol. The van der Waals surface area contributed by atoms with Gasteiger partial charge in [0, 0.05) is 19.1 Å². The van der Waals surface area contributed by atoms with Gasteiger partial charge in [-0.25, -0.2) is 8.42 Å². The summed E-state index contributed by atoms with van der Waals surface area (Å²) < 4.78 is 22.8. The molecule has 2 N–H and O–H groups in total. The zero-order valence-corrected chi connectivity index (χ0v) is 16.2. The minimum Gasteiger partial charge on any atom is -0.357 e. The standard InChI is InChI=1S/C12H25N3O2S2.HI/c1-3-13-12(14-7-4-5-8-18-2)15-11-6-9-19(16,17)10-11;/h11H,3-10H2,1-2H3,(H2,13,14,15);1H. The summed E-state index contributed by atoms with van der Waals surface area (Å²) in [5.74, 6) is 2.43. The van der Waals surface area contributed by atoms with E-state index in [1.165, 1.54) is 12.2 Å². The van der Waals surface area contributed by atoms with Crippen molar-refractivity contribution in [1.82, 2.24) is 10.6 Å². The lowest BCUT2D eigenvalue weighted by Crippen LogP contribution is -2.44. The van der Waals surface area contributed by atoms with E-state index in [4.69, 9.17) is 0 Å². The first-order valence-corrected chi connectivity index (χ1v) is 10.0. The smallest absolute Gasteiger partial charge is 0.191 e. The highest BCUT2D eigenvalue weighted by atomic mass is 127. The average molecular weight is 435 g/mol. The molecule has 0 aliphatic carbocycles. The first-order valence-electron chi connectivity index (χ1n) is 6.81. The Morgan fingerprint density at radius 1 is 1.40 bits per heavy atom. The van der Waals surface area contributed by atoms with Crippen molar-refractivity contribution in [3.05, 3.63) is 0 Å². The molecule has 8 heteroatoms.